The lowest BCUT2D eigenvalue weighted by molar-refractivity contribution is -0.138. The molecule has 11 heavy (non-hydrogen) atoms. The van der Waals surface area contributed by atoms with Gasteiger partial charge in [-0.25, -0.2) is 4.79 Å². The maximum atomic E-state index is 11.0. The van der Waals surface area contributed by atoms with Gasteiger partial charge in [-0.2, -0.15) is 0 Å². The standard InChI is InChI=1S/C8H14O3/c1-4-7(6(3)9)8(10)11-5-2/h9H,4-5H2,1-3H3/b7-6-. The van der Waals surface area contributed by atoms with Gasteiger partial charge < -0.3 is 9.84 Å². The Hall–Kier alpha value is -0.990. The molecule has 0 bridgehead atoms. The van der Waals surface area contributed by atoms with Gasteiger partial charge in [0.05, 0.1) is 17.9 Å². The van der Waals surface area contributed by atoms with Crippen LogP contribution >= 0.6 is 0 Å². The predicted octanol–water partition coefficient (Wildman–Crippen LogP) is 1.79. The topological polar surface area (TPSA) is 46.5 Å². The Morgan fingerprint density at radius 3 is 2.27 bits per heavy atom. The number of carbonyl (C=O) groups is 1. The van der Waals surface area contributed by atoms with Crippen molar-refractivity contribution in [3.63, 3.8) is 0 Å². The van der Waals surface area contributed by atoms with Gasteiger partial charge in [-0.1, -0.05) is 6.92 Å². The largest absolute Gasteiger partial charge is 0.512 e. The lowest BCUT2D eigenvalue weighted by Gasteiger charge is -2.04. The molecule has 0 radical (unpaired) electrons. The molecular formula is C8H14O3. The van der Waals surface area contributed by atoms with E-state index < -0.39 is 5.97 Å². The van der Waals surface area contributed by atoms with E-state index in [2.05, 4.69) is 0 Å². The van der Waals surface area contributed by atoms with E-state index in [1.165, 1.54) is 6.92 Å². The molecule has 0 aromatic heterocycles. The molecule has 0 unspecified atom stereocenters. The van der Waals surface area contributed by atoms with Gasteiger partial charge in [0.2, 0.25) is 0 Å². The van der Waals surface area contributed by atoms with Gasteiger partial charge in [0.1, 0.15) is 0 Å². The Kier molecular flexibility index (Phi) is 4.34. The highest BCUT2D eigenvalue weighted by Crippen LogP contribution is 2.07. The molecule has 3 nitrogen and oxygen atoms in total. The number of ether oxygens (including phenoxy) is 1. The summed E-state index contributed by atoms with van der Waals surface area (Å²) in [7, 11) is 0. The molecule has 0 aromatic carbocycles. The van der Waals surface area contributed by atoms with Crippen LogP contribution in [0.15, 0.2) is 11.3 Å². The van der Waals surface area contributed by atoms with Crippen molar-refractivity contribution in [2.24, 2.45) is 0 Å². The maximum Gasteiger partial charge on any atom is 0.337 e. The molecule has 0 fully saturated rings. The molecule has 0 saturated carbocycles. The highest BCUT2D eigenvalue weighted by Gasteiger charge is 2.10. The summed E-state index contributed by atoms with van der Waals surface area (Å²) in [6, 6.07) is 0. The van der Waals surface area contributed by atoms with Crippen molar-refractivity contribution in [3.05, 3.63) is 11.3 Å². The minimum atomic E-state index is -0.421. The summed E-state index contributed by atoms with van der Waals surface area (Å²) in [5.41, 5.74) is 0.354. The van der Waals surface area contributed by atoms with Crippen LogP contribution in [-0.2, 0) is 9.53 Å². The normalized spacial score (nSPS) is 12.3. The van der Waals surface area contributed by atoms with Crippen molar-refractivity contribution in [3.8, 4) is 0 Å². The van der Waals surface area contributed by atoms with Crippen LogP contribution in [0.25, 0.3) is 0 Å². The molecule has 0 aliphatic heterocycles. The molecule has 1 N–H and O–H groups in total. The lowest BCUT2D eigenvalue weighted by atomic mass is 10.2. The number of aliphatic hydroxyl groups is 1. The molecule has 0 amide bonds. The van der Waals surface area contributed by atoms with Crippen molar-refractivity contribution >= 4 is 5.97 Å². The molecule has 3 heteroatoms. The van der Waals surface area contributed by atoms with Crippen LogP contribution in [0.1, 0.15) is 27.2 Å². The molecule has 0 aliphatic carbocycles. The third-order valence-electron chi connectivity index (χ3n) is 1.31. The van der Waals surface area contributed by atoms with E-state index in [1.54, 1.807) is 13.8 Å². The summed E-state index contributed by atoms with van der Waals surface area (Å²) in [5.74, 6) is -0.374. The Labute approximate surface area is 66.7 Å². The van der Waals surface area contributed by atoms with Gasteiger partial charge in [-0.15, -0.1) is 0 Å². The molecule has 0 atom stereocenters. The molecular weight excluding hydrogens is 144 g/mol. The Morgan fingerprint density at radius 2 is 2.00 bits per heavy atom. The summed E-state index contributed by atoms with van der Waals surface area (Å²) in [5, 5.41) is 8.99. The number of hydrogen-bond acceptors (Lipinski definition) is 3. The summed E-state index contributed by atoms with van der Waals surface area (Å²) in [6.45, 7) is 5.36. The van der Waals surface area contributed by atoms with Crippen LogP contribution < -0.4 is 0 Å². The van der Waals surface area contributed by atoms with Crippen molar-refractivity contribution in [1.82, 2.24) is 0 Å². The highest BCUT2D eigenvalue weighted by atomic mass is 16.5. The Morgan fingerprint density at radius 1 is 1.45 bits per heavy atom. The Bertz CT molecular complexity index is 166. The van der Waals surface area contributed by atoms with Crippen LogP contribution in [-0.4, -0.2) is 17.7 Å². The number of aliphatic hydroxyl groups excluding tert-OH is 1. The number of esters is 1. The van der Waals surface area contributed by atoms with Crippen LogP contribution in [0.4, 0.5) is 0 Å². The fourth-order valence-corrected chi connectivity index (χ4v) is 0.766. The van der Waals surface area contributed by atoms with Gasteiger partial charge in [0, 0.05) is 0 Å². The van der Waals surface area contributed by atoms with Gasteiger partial charge in [0.15, 0.2) is 0 Å². The van der Waals surface area contributed by atoms with E-state index in [0.29, 0.717) is 18.6 Å². The highest BCUT2D eigenvalue weighted by molar-refractivity contribution is 5.88. The number of allylic oxidation sites excluding steroid dienone is 1. The molecule has 64 valence electrons. The first-order valence-electron chi connectivity index (χ1n) is 3.69. The predicted molar refractivity (Wildman–Crippen MR) is 42.3 cm³/mol. The molecule has 0 spiro atoms. The number of rotatable bonds is 3. The minimum absolute atomic E-state index is 0.0472. The zero-order valence-corrected chi connectivity index (χ0v) is 7.18. The SMILES string of the molecule is CCOC(=O)/C(CC)=C(/C)O. The van der Waals surface area contributed by atoms with E-state index >= 15 is 0 Å². The zero-order valence-electron chi connectivity index (χ0n) is 7.18. The number of carbonyl (C=O) groups excluding carboxylic acids is 1. The van der Waals surface area contributed by atoms with E-state index in [0.717, 1.165) is 0 Å². The van der Waals surface area contributed by atoms with Gasteiger partial charge in [-0.3, -0.25) is 0 Å². The fraction of sp³-hybridized carbons (Fsp3) is 0.625. The molecule has 0 rings (SSSR count). The smallest absolute Gasteiger partial charge is 0.337 e. The van der Waals surface area contributed by atoms with Crippen molar-refractivity contribution < 1.29 is 14.6 Å². The van der Waals surface area contributed by atoms with E-state index in [4.69, 9.17) is 9.84 Å². The van der Waals surface area contributed by atoms with Gasteiger partial charge in [-0.05, 0) is 20.3 Å². The van der Waals surface area contributed by atoms with Crippen molar-refractivity contribution in [1.29, 1.82) is 0 Å². The summed E-state index contributed by atoms with van der Waals surface area (Å²) in [6.07, 6.45) is 0.501. The van der Waals surface area contributed by atoms with E-state index in [-0.39, 0.29) is 5.76 Å². The minimum Gasteiger partial charge on any atom is -0.512 e. The first kappa shape index (κ1) is 10.0. The van der Waals surface area contributed by atoms with Gasteiger partial charge >= 0.3 is 5.97 Å². The first-order chi connectivity index (χ1) is 5.13. The Balaban J connectivity index is 4.28. The third kappa shape index (κ3) is 3.07. The van der Waals surface area contributed by atoms with E-state index in [9.17, 15) is 4.79 Å². The van der Waals surface area contributed by atoms with Crippen LogP contribution in [0.2, 0.25) is 0 Å². The van der Waals surface area contributed by atoms with Crippen molar-refractivity contribution in [2.45, 2.75) is 27.2 Å². The molecule has 0 heterocycles. The van der Waals surface area contributed by atoms with Crippen LogP contribution in [0.3, 0.4) is 0 Å². The molecule has 0 aliphatic rings. The second-order valence-corrected chi connectivity index (χ2v) is 2.14. The third-order valence-corrected chi connectivity index (χ3v) is 1.31. The second-order valence-electron chi connectivity index (χ2n) is 2.14. The lowest BCUT2D eigenvalue weighted by Crippen LogP contribution is -2.08. The zero-order chi connectivity index (χ0) is 8.85. The average Bonchev–Trinajstić information content (AvgIpc) is 1.88. The maximum absolute atomic E-state index is 11.0. The molecule has 0 saturated heterocycles. The monoisotopic (exact) mass is 158 g/mol. The van der Waals surface area contributed by atoms with E-state index in [1.807, 2.05) is 0 Å². The van der Waals surface area contributed by atoms with Crippen LogP contribution in [0, 0.1) is 0 Å². The first-order valence-corrected chi connectivity index (χ1v) is 3.69. The average molecular weight is 158 g/mol. The van der Waals surface area contributed by atoms with Gasteiger partial charge in [0.25, 0.3) is 0 Å². The second kappa shape index (κ2) is 4.77. The summed E-state index contributed by atoms with van der Waals surface area (Å²) >= 11 is 0. The fourth-order valence-electron chi connectivity index (χ4n) is 0.766. The van der Waals surface area contributed by atoms with Crippen LogP contribution in [0.5, 0.6) is 0 Å². The quantitative estimate of drug-likeness (QED) is 0.387. The van der Waals surface area contributed by atoms with Crippen molar-refractivity contribution in [2.75, 3.05) is 6.61 Å². The molecule has 0 aromatic rings. The summed E-state index contributed by atoms with van der Waals surface area (Å²) in [4.78, 5) is 11.0. The number of hydrogen-bond donors (Lipinski definition) is 1. The summed E-state index contributed by atoms with van der Waals surface area (Å²) < 4.78 is 4.70.